The predicted octanol–water partition coefficient (Wildman–Crippen LogP) is 4.54. The minimum atomic E-state index is -1.25. The van der Waals surface area contributed by atoms with Crippen molar-refractivity contribution in [3.05, 3.63) is 11.6 Å². The summed E-state index contributed by atoms with van der Waals surface area (Å²) in [5.41, 5.74) is 0.648. The predicted molar refractivity (Wildman–Crippen MR) is 122 cm³/mol. The molecule has 3 aliphatic carbocycles. The van der Waals surface area contributed by atoms with Crippen LogP contribution in [0.5, 0.6) is 0 Å². The average Bonchev–Trinajstić information content (AvgIpc) is 3.26. The smallest absolute Gasteiger partial charge is 0.333 e. The molecule has 1 unspecified atom stereocenters. The number of hydrogen-bond acceptors (Lipinski definition) is 6. The first-order chi connectivity index (χ1) is 15.4. The van der Waals surface area contributed by atoms with Gasteiger partial charge in [-0.25, -0.2) is 4.79 Å². The Labute approximate surface area is 197 Å². The van der Waals surface area contributed by atoms with E-state index in [-0.39, 0.29) is 23.9 Å². The van der Waals surface area contributed by atoms with Crippen LogP contribution in [0.2, 0.25) is 0 Å². The van der Waals surface area contributed by atoms with Crippen LogP contribution < -0.4 is 0 Å². The Balaban J connectivity index is 1.51. The van der Waals surface area contributed by atoms with Gasteiger partial charge in [-0.15, -0.1) is 0 Å². The number of fused-ring (bicyclic) bond motifs is 5. The normalized spacial score (nSPS) is 48.2. The van der Waals surface area contributed by atoms with Gasteiger partial charge >= 0.3 is 11.9 Å². The number of aliphatic hydroxyl groups is 1. The third-order valence-corrected chi connectivity index (χ3v) is 10.6. The maximum Gasteiger partial charge on any atom is 0.333 e. The Morgan fingerprint density at radius 3 is 2.42 bits per heavy atom. The molecule has 0 spiro atoms. The largest absolute Gasteiger partial charge is 0.463 e. The van der Waals surface area contributed by atoms with Gasteiger partial charge in [-0.1, -0.05) is 34.1 Å². The zero-order chi connectivity index (χ0) is 23.8. The van der Waals surface area contributed by atoms with Gasteiger partial charge in [0.15, 0.2) is 0 Å². The van der Waals surface area contributed by atoms with Crippen LogP contribution in [-0.4, -0.2) is 41.6 Å². The SMILES string of the molecule is CC(=O)OC[C@]12CC[C@H]3[C@@](C)(CC[C@H]4C(C)(C)CCC[C@]34C)[C@@H]1CC(C1=CC(=O)O[C@H]1O)O2. The van der Waals surface area contributed by atoms with Gasteiger partial charge in [0.2, 0.25) is 6.29 Å². The van der Waals surface area contributed by atoms with E-state index in [2.05, 4.69) is 27.7 Å². The van der Waals surface area contributed by atoms with E-state index in [9.17, 15) is 14.7 Å². The molecular weight excluding hydrogens is 420 g/mol. The lowest BCUT2D eigenvalue weighted by atomic mass is 9.38. The van der Waals surface area contributed by atoms with Crippen molar-refractivity contribution in [2.45, 2.75) is 104 Å². The van der Waals surface area contributed by atoms with Gasteiger partial charge in [-0.2, -0.15) is 0 Å². The van der Waals surface area contributed by atoms with Gasteiger partial charge in [0.25, 0.3) is 0 Å². The molecule has 2 aliphatic heterocycles. The molecule has 1 N–H and O–H groups in total. The zero-order valence-electron chi connectivity index (χ0n) is 20.8. The Kier molecular flexibility index (Phi) is 5.34. The Bertz CT molecular complexity index is 878. The zero-order valence-corrected chi connectivity index (χ0v) is 20.8. The van der Waals surface area contributed by atoms with E-state index in [0.29, 0.717) is 22.3 Å². The number of rotatable bonds is 3. The number of carbonyl (C=O) groups is 2. The summed E-state index contributed by atoms with van der Waals surface area (Å²) < 4.78 is 17.3. The summed E-state index contributed by atoms with van der Waals surface area (Å²) in [6.07, 6.45) is 8.59. The molecule has 0 radical (unpaired) electrons. The molecule has 0 aromatic carbocycles. The molecule has 0 aromatic heterocycles. The second-order valence-electron chi connectivity index (χ2n) is 12.7. The Morgan fingerprint density at radius 2 is 1.76 bits per heavy atom. The molecule has 4 fully saturated rings. The molecule has 0 aromatic rings. The first-order valence-corrected chi connectivity index (χ1v) is 12.8. The third kappa shape index (κ3) is 3.42. The van der Waals surface area contributed by atoms with Crippen LogP contribution in [0.4, 0.5) is 0 Å². The Morgan fingerprint density at radius 1 is 1.06 bits per heavy atom. The first-order valence-electron chi connectivity index (χ1n) is 12.8. The second-order valence-corrected chi connectivity index (χ2v) is 12.7. The van der Waals surface area contributed by atoms with Crippen LogP contribution >= 0.6 is 0 Å². The molecule has 5 rings (SSSR count). The molecule has 2 heterocycles. The molecule has 184 valence electrons. The van der Waals surface area contributed by atoms with Gasteiger partial charge in [0, 0.05) is 18.6 Å². The maximum atomic E-state index is 11.8. The number of carbonyl (C=O) groups excluding carboxylic acids is 2. The van der Waals surface area contributed by atoms with E-state index in [0.717, 1.165) is 31.6 Å². The van der Waals surface area contributed by atoms with Crippen molar-refractivity contribution >= 4 is 11.9 Å². The molecule has 0 amide bonds. The van der Waals surface area contributed by atoms with Crippen molar-refractivity contribution in [2.24, 2.45) is 34.0 Å². The monoisotopic (exact) mass is 460 g/mol. The number of ether oxygens (including phenoxy) is 3. The molecule has 6 nitrogen and oxygen atoms in total. The highest BCUT2D eigenvalue weighted by atomic mass is 16.6. The number of cyclic esters (lactones) is 1. The van der Waals surface area contributed by atoms with Crippen molar-refractivity contribution in [2.75, 3.05) is 6.61 Å². The minimum absolute atomic E-state index is 0.0564. The third-order valence-electron chi connectivity index (χ3n) is 10.6. The summed E-state index contributed by atoms with van der Waals surface area (Å²) >= 11 is 0. The molecule has 8 atom stereocenters. The maximum absolute atomic E-state index is 11.8. The van der Waals surface area contributed by atoms with Crippen molar-refractivity contribution in [3.63, 3.8) is 0 Å². The van der Waals surface area contributed by atoms with Crippen molar-refractivity contribution in [1.29, 1.82) is 0 Å². The van der Waals surface area contributed by atoms with Crippen LogP contribution in [0.1, 0.15) is 86.0 Å². The highest BCUT2D eigenvalue weighted by molar-refractivity contribution is 5.85. The summed E-state index contributed by atoms with van der Waals surface area (Å²) in [7, 11) is 0. The van der Waals surface area contributed by atoms with E-state index in [4.69, 9.17) is 14.2 Å². The molecule has 5 aliphatic rings. The van der Waals surface area contributed by atoms with Crippen LogP contribution in [0, 0.1) is 34.0 Å². The summed E-state index contributed by atoms with van der Waals surface area (Å²) in [5.74, 6) is 0.680. The van der Waals surface area contributed by atoms with E-state index in [1.165, 1.54) is 38.7 Å². The van der Waals surface area contributed by atoms with Crippen LogP contribution in [0.15, 0.2) is 11.6 Å². The fourth-order valence-electron chi connectivity index (χ4n) is 9.40. The molecule has 0 bridgehead atoms. The van der Waals surface area contributed by atoms with E-state index >= 15 is 0 Å². The lowest BCUT2D eigenvalue weighted by molar-refractivity contribution is -0.216. The van der Waals surface area contributed by atoms with Crippen LogP contribution in [0.25, 0.3) is 0 Å². The number of hydrogen-bond donors (Lipinski definition) is 1. The molecule has 6 heteroatoms. The second kappa shape index (κ2) is 7.55. The lowest BCUT2D eigenvalue weighted by Gasteiger charge is -2.67. The van der Waals surface area contributed by atoms with Crippen molar-refractivity contribution in [3.8, 4) is 0 Å². The highest BCUT2D eigenvalue weighted by Crippen LogP contribution is 2.71. The highest BCUT2D eigenvalue weighted by Gasteiger charge is 2.68. The lowest BCUT2D eigenvalue weighted by Crippen LogP contribution is -2.63. The minimum Gasteiger partial charge on any atom is -0.463 e. The Hall–Kier alpha value is -1.40. The number of esters is 2. The van der Waals surface area contributed by atoms with Crippen LogP contribution in [-0.2, 0) is 23.8 Å². The average molecular weight is 461 g/mol. The summed E-state index contributed by atoms with van der Waals surface area (Å²) in [6, 6.07) is 0. The number of aliphatic hydroxyl groups excluding tert-OH is 1. The van der Waals surface area contributed by atoms with Gasteiger partial charge in [-0.3, -0.25) is 4.79 Å². The van der Waals surface area contributed by atoms with Crippen molar-refractivity contribution in [1.82, 2.24) is 0 Å². The quantitative estimate of drug-likeness (QED) is 0.623. The summed E-state index contributed by atoms with van der Waals surface area (Å²) in [4.78, 5) is 23.6. The fraction of sp³-hybridized carbons (Fsp3) is 0.852. The summed E-state index contributed by atoms with van der Waals surface area (Å²) in [5, 5.41) is 10.3. The van der Waals surface area contributed by atoms with Gasteiger partial charge in [0.05, 0.1) is 6.10 Å². The fourth-order valence-corrected chi connectivity index (χ4v) is 9.40. The van der Waals surface area contributed by atoms with Crippen molar-refractivity contribution < 1.29 is 28.9 Å². The summed E-state index contributed by atoms with van der Waals surface area (Å²) in [6.45, 7) is 11.6. The van der Waals surface area contributed by atoms with Crippen LogP contribution in [0.3, 0.4) is 0 Å². The molecule has 1 saturated heterocycles. The van der Waals surface area contributed by atoms with E-state index in [1.54, 1.807) is 0 Å². The van der Waals surface area contributed by atoms with Gasteiger partial charge in [0.1, 0.15) is 12.2 Å². The van der Waals surface area contributed by atoms with E-state index in [1.807, 2.05) is 0 Å². The molecule has 33 heavy (non-hydrogen) atoms. The molecular formula is C27H40O6. The van der Waals surface area contributed by atoms with E-state index < -0.39 is 24.0 Å². The first kappa shape index (κ1) is 23.3. The molecule has 3 saturated carbocycles. The standard InChI is InChI=1S/C27H40O6/c1-16(28)31-15-27-12-8-20-25(4)10-6-9-24(2,3)19(25)7-11-26(20,5)21(27)14-18(33-27)17-13-22(29)32-23(17)30/h13,18-21,23,30H,6-12,14-15H2,1-5H3/t18?,19-,20+,21-,23+,25-,26+,27+/m0/s1. The van der Waals surface area contributed by atoms with Gasteiger partial charge in [-0.05, 0) is 78.9 Å². The topological polar surface area (TPSA) is 82.1 Å². The van der Waals surface area contributed by atoms with Gasteiger partial charge < -0.3 is 19.3 Å².